The Hall–Kier alpha value is -3.06. The highest BCUT2D eigenvalue weighted by atomic mass is 35.5. The largest absolute Gasteiger partial charge is 0.506 e. The molecule has 0 spiro atoms. The highest BCUT2D eigenvalue weighted by molar-refractivity contribution is 6.22. The van der Waals surface area contributed by atoms with Gasteiger partial charge in [-0.3, -0.25) is 4.79 Å². The highest BCUT2D eigenvalue weighted by Gasteiger charge is 2.16. The molecular formula is C20H23ClN2O5. The van der Waals surface area contributed by atoms with Crippen LogP contribution in [0.1, 0.15) is 17.3 Å². The second-order valence-electron chi connectivity index (χ2n) is 5.87. The van der Waals surface area contributed by atoms with Crippen LogP contribution in [-0.4, -0.2) is 37.7 Å². The second kappa shape index (κ2) is 9.23. The molecule has 2 aromatic carbocycles. The summed E-state index contributed by atoms with van der Waals surface area (Å²) in [6, 6.07) is 7.66. The molecule has 0 aliphatic carbocycles. The monoisotopic (exact) mass is 406 g/mol. The fourth-order valence-corrected chi connectivity index (χ4v) is 2.46. The molecule has 0 fully saturated rings. The Morgan fingerprint density at radius 3 is 2.18 bits per heavy atom. The van der Waals surface area contributed by atoms with E-state index in [2.05, 4.69) is 17.2 Å². The lowest BCUT2D eigenvalue weighted by molar-refractivity contribution is 0.102. The molecule has 7 nitrogen and oxygen atoms in total. The van der Waals surface area contributed by atoms with Crippen molar-refractivity contribution in [1.82, 2.24) is 0 Å². The Morgan fingerprint density at radius 2 is 1.68 bits per heavy atom. The molecule has 0 heterocycles. The van der Waals surface area contributed by atoms with Crippen LogP contribution < -0.4 is 24.8 Å². The van der Waals surface area contributed by atoms with E-state index in [1.54, 1.807) is 19.1 Å². The van der Waals surface area contributed by atoms with Gasteiger partial charge in [0, 0.05) is 29.1 Å². The molecule has 1 atom stereocenters. The minimum Gasteiger partial charge on any atom is -0.506 e. The van der Waals surface area contributed by atoms with Crippen LogP contribution in [-0.2, 0) is 0 Å². The Balaban J connectivity index is 2.29. The van der Waals surface area contributed by atoms with E-state index >= 15 is 0 Å². The summed E-state index contributed by atoms with van der Waals surface area (Å²) in [5, 5.41) is 15.3. The van der Waals surface area contributed by atoms with Gasteiger partial charge >= 0.3 is 0 Å². The highest BCUT2D eigenvalue weighted by Crippen LogP contribution is 2.40. The standard InChI is InChI=1S/C20H23ClN2O5/c1-11(21)12(2)22-15-8-13(6-7-16(15)24)20(25)23-14-9-17(26-3)19(28-5)18(10-14)27-4/h6-11,22,24H,2H2,1,3-5H3,(H,23,25). The van der Waals surface area contributed by atoms with E-state index in [4.69, 9.17) is 25.8 Å². The van der Waals surface area contributed by atoms with Gasteiger partial charge in [-0.1, -0.05) is 6.58 Å². The average molecular weight is 407 g/mol. The molecule has 8 heteroatoms. The van der Waals surface area contributed by atoms with E-state index in [1.165, 1.54) is 39.5 Å². The van der Waals surface area contributed by atoms with Crippen molar-refractivity contribution < 1.29 is 24.1 Å². The van der Waals surface area contributed by atoms with Crippen LogP contribution in [0, 0.1) is 0 Å². The lowest BCUT2D eigenvalue weighted by Gasteiger charge is -2.16. The Kier molecular flexibility index (Phi) is 7.00. The van der Waals surface area contributed by atoms with Crippen molar-refractivity contribution in [2.24, 2.45) is 0 Å². The first-order valence-corrected chi connectivity index (χ1v) is 8.78. The van der Waals surface area contributed by atoms with Crippen molar-refractivity contribution in [2.45, 2.75) is 12.3 Å². The van der Waals surface area contributed by atoms with Gasteiger partial charge < -0.3 is 30.0 Å². The molecule has 2 aromatic rings. The average Bonchev–Trinajstić information content (AvgIpc) is 2.68. The smallest absolute Gasteiger partial charge is 0.255 e. The summed E-state index contributed by atoms with van der Waals surface area (Å²) in [7, 11) is 4.48. The molecule has 0 aromatic heterocycles. The van der Waals surface area contributed by atoms with Crippen molar-refractivity contribution in [3.63, 3.8) is 0 Å². The molecule has 28 heavy (non-hydrogen) atoms. The van der Waals surface area contributed by atoms with E-state index in [0.717, 1.165) is 0 Å². The zero-order chi connectivity index (χ0) is 20.8. The molecule has 0 aliphatic heterocycles. The molecule has 1 unspecified atom stereocenters. The van der Waals surface area contributed by atoms with Gasteiger partial charge in [0.15, 0.2) is 11.5 Å². The number of nitrogens with one attached hydrogen (secondary N) is 2. The van der Waals surface area contributed by atoms with Crippen LogP contribution in [0.25, 0.3) is 0 Å². The molecule has 0 saturated heterocycles. The third kappa shape index (κ3) is 4.80. The lowest BCUT2D eigenvalue weighted by Crippen LogP contribution is -2.13. The third-order valence-corrected chi connectivity index (χ3v) is 4.22. The van der Waals surface area contributed by atoms with E-state index in [-0.39, 0.29) is 17.0 Å². The van der Waals surface area contributed by atoms with Gasteiger partial charge in [0.05, 0.1) is 32.4 Å². The van der Waals surface area contributed by atoms with Crippen LogP contribution in [0.15, 0.2) is 42.6 Å². The number of carbonyl (C=O) groups excluding carboxylic acids is 1. The number of amides is 1. The van der Waals surface area contributed by atoms with Crippen molar-refractivity contribution in [3.8, 4) is 23.0 Å². The first-order chi connectivity index (χ1) is 13.3. The molecule has 2 rings (SSSR count). The summed E-state index contributed by atoms with van der Waals surface area (Å²) in [6.07, 6.45) is 0. The maximum atomic E-state index is 12.7. The SMILES string of the molecule is C=C(Nc1cc(C(=O)Nc2cc(OC)c(OC)c(OC)c2)ccc1O)C(C)Cl. The van der Waals surface area contributed by atoms with Crippen molar-refractivity contribution >= 4 is 28.9 Å². The zero-order valence-corrected chi connectivity index (χ0v) is 16.9. The minimum absolute atomic E-state index is 0.0252. The number of hydrogen-bond acceptors (Lipinski definition) is 6. The molecule has 1 amide bonds. The van der Waals surface area contributed by atoms with Gasteiger partial charge in [-0.2, -0.15) is 0 Å². The quantitative estimate of drug-likeness (QED) is 0.449. The number of phenols is 1. The van der Waals surface area contributed by atoms with Crippen LogP contribution in [0.4, 0.5) is 11.4 Å². The van der Waals surface area contributed by atoms with E-state index in [1.807, 2.05) is 0 Å². The van der Waals surface area contributed by atoms with Gasteiger partial charge in [0.25, 0.3) is 5.91 Å². The van der Waals surface area contributed by atoms with Gasteiger partial charge in [0.2, 0.25) is 5.75 Å². The number of anilines is 2. The predicted octanol–water partition coefficient (Wildman–Crippen LogP) is 4.22. The molecule has 0 bridgehead atoms. The third-order valence-electron chi connectivity index (χ3n) is 3.96. The molecule has 0 aliphatic rings. The zero-order valence-electron chi connectivity index (χ0n) is 16.1. The van der Waals surface area contributed by atoms with Gasteiger partial charge in [-0.25, -0.2) is 0 Å². The number of rotatable bonds is 8. The van der Waals surface area contributed by atoms with Gasteiger partial charge in [0.1, 0.15) is 5.75 Å². The number of benzene rings is 2. The number of methoxy groups -OCH3 is 3. The number of aromatic hydroxyl groups is 1. The van der Waals surface area contributed by atoms with Crippen LogP contribution >= 0.6 is 11.6 Å². The number of allylic oxidation sites excluding steroid dienone is 1. The summed E-state index contributed by atoms with van der Waals surface area (Å²) in [5.41, 5.74) is 1.61. The van der Waals surface area contributed by atoms with Crippen molar-refractivity contribution in [2.75, 3.05) is 32.0 Å². The second-order valence-corrected chi connectivity index (χ2v) is 6.52. The molecule has 0 radical (unpaired) electrons. The number of ether oxygens (including phenoxy) is 3. The number of phenolic OH excluding ortho intramolecular Hbond substituents is 1. The molecule has 150 valence electrons. The topological polar surface area (TPSA) is 89.1 Å². The Bertz CT molecular complexity index is 858. The van der Waals surface area contributed by atoms with E-state index < -0.39 is 0 Å². The fraction of sp³-hybridized carbons (Fsp3) is 0.250. The molecule has 3 N–H and O–H groups in total. The summed E-state index contributed by atoms with van der Waals surface area (Å²) < 4.78 is 15.8. The number of halogens is 1. The fourth-order valence-electron chi connectivity index (χ4n) is 2.41. The first kappa shape index (κ1) is 21.2. The van der Waals surface area contributed by atoms with Crippen molar-refractivity contribution in [1.29, 1.82) is 0 Å². The number of hydrogen-bond donors (Lipinski definition) is 3. The first-order valence-electron chi connectivity index (χ1n) is 8.35. The van der Waals surface area contributed by atoms with E-state index in [0.29, 0.717) is 39.9 Å². The minimum atomic E-state index is -0.387. The maximum absolute atomic E-state index is 12.7. The summed E-state index contributed by atoms with van der Waals surface area (Å²) in [5.74, 6) is 0.840. The molecular weight excluding hydrogens is 384 g/mol. The Labute approximate surface area is 168 Å². The Morgan fingerprint density at radius 1 is 1.07 bits per heavy atom. The number of carbonyl (C=O) groups is 1. The summed E-state index contributed by atoms with van der Waals surface area (Å²) in [4.78, 5) is 12.7. The summed E-state index contributed by atoms with van der Waals surface area (Å²) >= 11 is 5.97. The predicted molar refractivity (Wildman–Crippen MR) is 110 cm³/mol. The lowest BCUT2D eigenvalue weighted by atomic mass is 10.1. The van der Waals surface area contributed by atoms with Crippen molar-refractivity contribution in [3.05, 3.63) is 48.2 Å². The normalized spacial score (nSPS) is 11.3. The number of alkyl halides is 1. The van der Waals surface area contributed by atoms with Crippen LogP contribution in [0.2, 0.25) is 0 Å². The van der Waals surface area contributed by atoms with Gasteiger partial charge in [-0.15, -0.1) is 11.6 Å². The van der Waals surface area contributed by atoms with E-state index in [9.17, 15) is 9.90 Å². The van der Waals surface area contributed by atoms with Crippen LogP contribution in [0.3, 0.4) is 0 Å². The summed E-state index contributed by atoms with van der Waals surface area (Å²) in [6.45, 7) is 5.54. The van der Waals surface area contributed by atoms with Crippen LogP contribution in [0.5, 0.6) is 23.0 Å². The van der Waals surface area contributed by atoms with Gasteiger partial charge in [-0.05, 0) is 25.1 Å². The maximum Gasteiger partial charge on any atom is 0.255 e. The molecule has 0 saturated carbocycles.